The van der Waals surface area contributed by atoms with Crippen LogP contribution < -0.4 is 10.2 Å². The molecule has 1 fully saturated rings. The van der Waals surface area contributed by atoms with Crippen molar-refractivity contribution in [1.29, 1.82) is 0 Å². The molecule has 3 rings (SSSR count). The Bertz CT molecular complexity index is 325. The van der Waals surface area contributed by atoms with Gasteiger partial charge in [0.1, 0.15) is 0 Å². The molecule has 4 nitrogen and oxygen atoms in total. The third kappa shape index (κ3) is 1.21. The van der Waals surface area contributed by atoms with E-state index in [4.69, 9.17) is 0 Å². The summed E-state index contributed by atoms with van der Waals surface area (Å²) in [5, 5.41) is 11.0. The number of anilines is 1. The van der Waals surface area contributed by atoms with Gasteiger partial charge < -0.3 is 10.2 Å². The number of aromatic nitrogens is 2. The predicted octanol–water partition coefficient (Wildman–Crippen LogP) is 0.308. The van der Waals surface area contributed by atoms with Crippen molar-refractivity contribution in [3.05, 3.63) is 11.3 Å². The Morgan fingerprint density at radius 3 is 2.86 bits per heavy atom. The molecule has 2 aliphatic rings. The molecule has 0 radical (unpaired) electrons. The average molecular weight is 192 g/mol. The highest BCUT2D eigenvalue weighted by molar-refractivity contribution is 5.51. The fraction of sp³-hybridized carbons (Fsp3) is 0.700. The van der Waals surface area contributed by atoms with Gasteiger partial charge in [0.15, 0.2) is 5.82 Å². The molecular formula is C10H16N4. The minimum absolute atomic E-state index is 1.08. The lowest BCUT2D eigenvalue weighted by molar-refractivity contribution is 0.583. The molecule has 4 heteroatoms. The second kappa shape index (κ2) is 3.28. The third-order valence-electron chi connectivity index (χ3n) is 3.20. The van der Waals surface area contributed by atoms with E-state index < -0.39 is 0 Å². The van der Waals surface area contributed by atoms with E-state index in [9.17, 15) is 0 Å². The van der Waals surface area contributed by atoms with Crippen LogP contribution in [0.3, 0.4) is 0 Å². The van der Waals surface area contributed by atoms with Crippen LogP contribution in [-0.2, 0) is 12.8 Å². The number of rotatable bonds is 1. The van der Waals surface area contributed by atoms with Crippen molar-refractivity contribution < 1.29 is 0 Å². The maximum Gasteiger partial charge on any atom is 0.153 e. The van der Waals surface area contributed by atoms with E-state index in [1.807, 2.05) is 0 Å². The summed E-state index contributed by atoms with van der Waals surface area (Å²) in [7, 11) is 0. The fourth-order valence-corrected chi connectivity index (χ4v) is 2.44. The summed E-state index contributed by atoms with van der Waals surface area (Å²) in [5.74, 6) is 1.22. The first kappa shape index (κ1) is 8.29. The summed E-state index contributed by atoms with van der Waals surface area (Å²) in [6.45, 7) is 4.36. The van der Waals surface area contributed by atoms with Crippen LogP contribution in [0, 0.1) is 0 Å². The molecule has 0 spiro atoms. The van der Waals surface area contributed by atoms with Gasteiger partial charge in [-0.05, 0) is 19.3 Å². The van der Waals surface area contributed by atoms with Crippen LogP contribution in [0.5, 0.6) is 0 Å². The van der Waals surface area contributed by atoms with Crippen LogP contribution in [0.15, 0.2) is 0 Å². The zero-order chi connectivity index (χ0) is 9.38. The smallest absolute Gasteiger partial charge is 0.153 e. The number of fused-ring (bicyclic) bond motifs is 1. The van der Waals surface area contributed by atoms with Crippen molar-refractivity contribution in [2.24, 2.45) is 0 Å². The molecule has 0 amide bonds. The van der Waals surface area contributed by atoms with E-state index in [1.54, 1.807) is 0 Å². The SMILES string of the molecule is C1Cc2[nH]nc(N3CCNCC3)c2C1. The molecule has 0 saturated carbocycles. The van der Waals surface area contributed by atoms with Crippen LogP contribution in [0.2, 0.25) is 0 Å². The van der Waals surface area contributed by atoms with Gasteiger partial charge in [-0.15, -0.1) is 0 Å². The monoisotopic (exact) mass is 192 g/mol. The van der Waals surface area contributed by atoms with E-state index >= 15 is 0 Å². The van der Waals surface area contributed by atoms with E-state index in [0.29, 0.717) is 0 Å². The van der Waals surface area contributed by atoms with Crippen LogP contribution in [0.4, 0.5) is 5.82 Å². The number of nitrogens with one attached hydrogen (secondary N) is 2. The molecular weight excluding hydrogens is 176 g/mol. The van der Waals surface area contributed by atoms with Gasteiger partial charge >= 0.3 is 0 Å². The largest absolute Gasteiger partial charge is 0.352 e. The first-order chi connectivity index (χ1) is 6.95. The van der Waals surface area contributed by atoms with E-state index in [-0.39, 0.29) is 0 Å². The number of H-pyrrole nitrogens is 1. The van der Waals surface area contributed by atoms with E-state index in [0.717, 1.165) is 26.2 Å². The Labute approximate surface area is 83.7 Å². The first-order valence-electron chi connectivity index (χ1n) is 5.47. The zero-order valence-corrected chi connectivity index (χ0v) is 8.34. The summed E-state index contributed by atoms with van der Waals surface area (Å²) >= 11 is 0. The van der Waals surface area contributed by atoms with Crippen molar-refractivity contribution in [2.45, 2.75) is 19.3 Å². The number of piperazine rings is 1. The Balaban J connectivity index is 1.88. The minimum Gasteiger partial charge on any atom is -0.352 e. The third-order valence-corrected chi connectivity index (χ3v) is 3.20. The predicted molar refractivity (Wildman–Crippen MR) is 55.7 cm³/mol. The van der Waals surface area contributed by atoms with Gasteiger partial charge in [0.05, 0.1) is 0 Å². The molecule has 0 atom stereocenters. The molecule has 1 aliphatic heterocycles. The van der Waals surface area contributed by atoms with E-state index in [1.165, 1.54) is 36.3 Å². The van der Waals surface area contributed by atoms with Gasteiger partial charge in [-0.3, -0.25) is 5.10 Å². The van der Waals surface area contributed by atoms with Gasteiger partial charge in [-0.1, -0.05) is 0 Å². The average Bonchev–Trinajstić information content (AvgIpc) is 2.79. The summed E-state index contributed by atoms with van der Waals surface area (Å²) in [6.07, 6.45) is 3.70. The summed E-state index contributed by atoms with van der Waals surface area (Å²) in [5.41, 5.74) is 2.85. The second-order valence-electron chi connectivity index (χ2n) is 4.09. The lowest BCUT2D eigenvalue weighted by atomic mass is 10.2. The number of aryl methyl sites for hydroxylation is 1. The topological polar surface area (TPSA) is 44.0 Å². The van der Waals surface area contributed by atoms with Crippen molar-refractivity contribution in [1.82, 2.24) is 15.5 Å². The van der Waals surface area contributed by atoms with Gasteiger partial charge in [0.25, 0.3) is 0 Å². The molecule has 1 saturated heterocycles. The number of hydrogen-bond donors (Lipinski definition) is 2. The molecule has 76 valence electrons. The summed E-state index contributed by atoms with van der Waals surface area (Å²) in [4.78, 5) is 2.40. The Kier molecular flexibility index (Phi) is 1.94. The van der Waals surface area contributed by atoms with Gasteiger partial charge in [0.2, 0.25) is 0 Å². The number of nitrogens with zero attached hydrogens (tertiary/aromatic N) is 2. The molecule has 0 unspecified atom stereocenters. The zero-order valence-electron chi connectivity index (χ0n) is 8.34. The first-order valence-corrected chi connectivity index (χ1v) is 5.47. The molecule has 1 aromatic heterocycles. The Morgan fingerprint density at radius 2 is 2.00 bits per heavy atom. The van der Waals surface area contributed by atoms with E-state index in [2.05, 4.69) is 20.4 Å². The number of hydrogen-bond acceptors (Lipinski definition) is 3. The fourth-order valence-electron chi connectivity index (χ4n) is 2.44. The highest BCUT2D eigenvalue weighted by Gasteiger charge is 2.22. The normalized spacial score (nSPS) is 21.3. The maximum atomic E-state index is 4.43. The quantitative estimate of drug-likeness (QED) is 0.673. The highest BCUT2D eigenvalue weighted by Crippen LogP contribution is 2.28. The van der Waals surface area contributed by atoms with Gasteiger partial charge in [-0.2, -0.15) is 5.10 Å². The van der Waals surface area contributed by atoms with Crippen molar-refractivity contribution >= 4 is 5.82 Å². The second-order valence-corrected chi connectivity index (χ2v) is 4.09. The van der Waals surface area contributed by atoms with Crippen molar-refractivity contribution in [3.63, 3.8) is 0 Å². The summed E-state index contributed by atoms with van der Waals surface area (Å²) in [6, 6.07) is 0. The lowest BCUT2D eigenvalue weighted by Crippen LogP contribution is -2.44. The molecule has 2 N–H and O–H groups in total. The molecule has 1 aromatic rings. The Morgan fingerprint density at radius 1 is 1.14 bits per heavy atom. The van der Waals surface area contributed by atoms with Crippen molar-refractivity contribution in [3.8, 4) is 0 Å². The molecule has 2 heterocycles. The Hall–Kier alpha value is -1.03. The van der Waals surface area contributed by atoms with Crippen LogP contribution in [0.1, 0.15) is 17.7 Å². The van der Waals surface area contributed by atoms with Crippen LogP contribution >= 0.6 is 0 Å². The molecule has 0 bridgehead atoms. The van der Waals surface area contributed by atoms with Crippen LogP contribution in [0.25, 0.3) is 0 Å². The minimum atomic E-state index is 1.08. The van der Waals surface area contributed by atoms with Gasteiger partial charge in [0, 0.05) is 37.4 Å². The standard InChI is InChI=1S/C10H16N4/c1-2-8-9(3-1)12-13-10(8)14-6-4-11-5-7-14/h11H,1-7H2,(H,12,13). The lowest BCUT2D eigenvalue weighted by Gasteiger charge is -2.28. The molecule has 0 aromatic carbocycles. The molecule has 1 aliphatic carbocycles. The number of aromatic amines is 1. The van der Waals surface area contributed by atoms with Crippen LogP contribution in [-0.4, -0.2) is 36.4 Å². The summed E-state index contributed by atoms with van der Waals surface area (Å²) < 4.78 is 0. The maximum absolute atomic E-state index is 4.43. The molecule has 14 heavy (non-hydrogen) atoms. The highest BCUT2D eigenvalue weighted by atomic mass is 15.3. The van der Waals surface area contributed by atoms with Gasteiger partial charge in [-0.25, -0.2) is 0 Å². The van der Waals surface area contributed by atoms with Crippen molar-refractivity contribution in [2.75, 3.05) is 31.1 Å².